The smallest absolute Gasteiger partial charge is 0.293 e. The third kappa shape index (κ3) is 4.49. The van der Waals surface area contributed by atoms with Gasteiger partial charge in [0.2, 0.25) is 0 Å². The van der Waals surface area contributed by atoms with Crippen molar-refractivity contribution in [3.05, 3.63) is 73.9 Å². The molecule has 0 aliphatic rings. The predicted molar refractivity (Wildman–Crippen MR) is 111 cm³/mol. The van der Waals surface area contributed by atoms with E-state index in [4.69, 9.17) is 27.7 Å². The van der Waals surface area contributed by atoms with E-state index in [1.54, 1.807) is 37.3 Å². The van der Waals surface area contributed by atoms with Crippen LogP contribution in [0.4, 0.5) is 11.4 Å². The number of rotatable bonds is 7. The van der Waals surface area contributed by atoms with Crippen LogP contribution in [-0.4, -0.2) is 29.1 Å². The number of para-hydroxylation sites is 1. The van der Waals surface area contributed by atoms with Gasteiger partial charge in [0.25, 0.3) is 11.6 Å². The Balaban J connectivity index is 1.69. The summed E-state index contributed by atoms with van der Waals surface area (Å²) in [6, 6.07) is 11.4. The molecule has 10 heteroatoms. The Bertz CT molecular complexity index is 1070. The fourth-order valence-corrected chi connectivity index (χ4v) is 3.23. The molecule has 2 N–H and O–H groups in total. The third-order valence-corrected chi connectivity index (χ3v) is 4.76. The van der Waals surface area contributed by atoms with E-state index >= 15 is 0 Å². The van der Waals surface area contributed by atoms with Crippen molar-refractivity contribution in [2.75, 3.05) is 18.4 Å². The Morgan fingerprint density at radius 3 is 2.59 bits per heavy atom. The average Bonchev–Trinajstić information content (AvgIpc) is 3.07. The van der Waals surface area contributed by atoms with Crippen molar-refractivity contribution in [3.8, 4) is 11.3 Å². The first-order valence-corrected chi connectivity index (χ1v) is 9.32. The predicted octanol–water partition coefficient (Wildman–Crippen LogP) is 4.71. The van der Waals surface area contributed by atoms with Crippen molar-refractivity contribution in [1.29, 1.82) is 0 Å². The number of aryl methyl sites for hydroxylation is 1. The molecule has 0 bridgehead atoms. The van der Waals surface area contributed by atoms with Gasteiger partial charge in [-0.3, -0.25) is 14.9 Å². The molecule has 29 heavy (non-hydrogen) atoms. The van der Waals surface area contributed by atoms with Gasteiger partial charge in [0, 0.05) is 24.7 Å². The fraction of sp³-hybridized carbons (Fsp3) is 0.158. The van der Waals surface area contributed by atoms with E-state index in [-0.39, 0.29) is 35.1 Å². The highest BCUT2D eigenvalue weighted by atomic mass is 35.5. The minimum atomic E-state index is -0.525. The van der Waals surface area contributed by atoms with Crippen LogP contribution in [0.15, 0.2) is 47.0 Å². The van der Waals surface area contributed by atoms with Gasteiger partial charge < -0.3 is 15.2 Å². The third-order valence-electron chi connectivity index (χ3n) is 4.12. The van der Waals surface area contributed by atoms with Gasteiger partial charge in [-0.05, 0) is 19.1 Å². The molecular weight excluding hydrogens is 419 g/mol. The lowest BCUT2D eigenvalue weighted by molar-refractivity contribution is -0.383. The number of nitro groups is 1. The molecular formula is C19H16Cl2N4O4. The Morgan fingerprint density at radius 1 is 1.14 bits per heavy atom. The lowest BCUT2D eigenvalue weighted by atomic mass is 10.1. The number of benzene rings is 2. The van der Waals surface area contributed by atoms with Crippen LogP contribution in [0.1, 0.15) is 16.1 Å². The second-order valence-electron chi connectivity index (χ2n) is 6.02. The highest BCUT2D eigenvalue weighted by Gasteiger charge is 2.23. The van der Waals surface area contributed by atoms with Crippen molar-refractivity contribution in [2.45, 2.75) is 6.92 Å². The Hall–Kier alpha value is -3.10. The summed E-state index contributed by atoms with van der Waals surface area (Å²) in [5, 5.41) is 21.4. The molecule has 3 rings (SSSR count). The highest BCUT2D eigenvalue weighted by Crippen LogP contribution is 2.32. The normalized spacial score (nSPS) is 10.6. The largest absolute Gasteiger partial charge is 0.376 e. The number of anilines is 1. The van der Waals surface area contributed by atoms with Gasteiger partial charge in [0.1, 0.15) is 22.7 Å². The monoisotopic (exact) mass is 434 g/mol. The van der Waals surface area contributed by atoms with Crippen LogP contribution in [0, 0.1) is 17.0 Å². The highest BCUT2D eigenvalue weighted by molar-refractivity contribution is 6.34. The Labute approximate surface area is 175 Å². The number of carbonyl (C=O) groups is 1. The van der Waals surface area contributed by atoms with E-state index in [1.807, 2.05) is 0 Å². The van der Waals surface area contributed by atoms with Crippen LogP contribution < -0.4 is 10.6 Å². The zero-order valence-corrected chi connectivity index (χ0v) is 16.8. The fourth-order valence-electron chi connectivity index (χ4n) is 2.77. The molecule has 0 unspecified atom stereocenters. The molecule has 0 saturated carbocycles. The van der Waals surface area contributed by atoms with Gasteiger partial charge in [0.05, 0.1) is 15.0 Å². The van der Waals surface area contributed by atoms with Gasteiger partial charge in [-0.1, -0.05) is 52.6 Å². The van der Waals surface area contributed by atoms with E-state index < -0.39 is 10.8 Å². The number of amides is 1. The number of halogens is 2. The van der Waals surface area contributed by atoms with Gasteiger partial charge in [-0.25, -0.2) is 0 Å². The number of hydrogen-bond donors (Lipinski definition) is 2. The minimum absolute atomic E-state index is 0.139. The van der Waals surface area contributed by atoms with E-state index in [1.165, 1.54) is 12.1 Å². The summed E-state index contributed by atoms with van der Waals surface area (Å²) in [6.45, 7) is 2.05. The molecule has 0 fully saturated rings. The zero-order chi connectivity index (χ0) is 21.0. The van der Waals surface area contributed by atoms with Crippen molar-refractivity contribution in [2.24, 2.45) is 0 Å². The molecule has 8 nitrogen and oxygen atoms in total. The summed E-state index contributed by atoms with van der Waals surface area (Å²) in [7, 11) is 0. The van der Waals surface area contributed by atoms with Crippen LogP contribution in [0.5, 0.6) is 0 Å². The van der Waals surface area contributed by atoms with E-state index in [0.29, 0.717) is 22.0 Å². The standard InChI is InChI=1S/C19H16Cl2N4O4/c1-11-16(17(24-29-11)12-5-2-3-6-13(12)20)19(26)23-10-9-22-18-14(21)7-4-8-15(18)25(27)28/h2-8,22H,9-10H2,1H3,(H,23,26). The molecule has 150 valence electrons. The lowest BCUT2D eigenvalue weighted by Crippen LogP contribution is -2.29. The SMILES string of the molecule is Cc1onc(-c2ccccc2Cl)c1C(=O)NCCNc1c(Cl)cccc1[N+](=O)[O-]. The molecule has 1 heterocycles. The van der Waals surface area contributed by atoms with Crippen molar-refractivity contribution in [1.82, 2.24) is 10.5 Å². The summed E-state index contributed by atoms with van der Waals surface area (Å²) in [5.74, 6) is -0.0405. The average molecular weight is 435 g/mol. The Kier molecular flexibility index (Phi) is 6.36. The molecule has 1 amide bonds. The topological polar surface area (TPSA) is 110 Å². The molecule has 0 spiro atoms. The summed E-state index contributed by atoms with van der Waals surface area (Å²) in [5.41, 5.74) is 1.27. The zero-order valence-electron chi connectivity index (χ0n) is 15.2. The number of nitrogens with one attached hydrogen (secondary N) is 2. The molecule has 0 saturated heterocycles. The second kappa shape index (κ2) is 8.93. The maximum absolute atomic E-state index is 12.7. The van der Waals surface area contributed by atoms with Crippen molar-refractivity contribution >= 4 is 40.5 Å². The van der Waals surface area contributed by atoms with E-state index in [2.05, 4.69) is 15.8 Å². The number of hydrogen-bond acceptors (Lipinski definition) is 6. The number of nitrogens with zero attached hydrogens (tertiary/aromatic N) is 2. The summed E-state index contributed by atoms with van der Waals surface area (Å²) >= 11 is 12.2. The van der Waals surface area contributed by atoms with Crippen LogP contribution in [0.25, 0.3) is 11.3 Å². The molecule has 0 atom stereocenters. The maximum atomic E-state index is 12.7. The van der Waals surface area contributed by atoms with Crippen molar-refractivity contribution in [3.63, 3.8) is 0 Å². The Morgan fingerprint density at radius 2 is 1.86 bits per heavy atom. The first-order chi connectivity index (χ1) is 13.9. The molecule has 0 radical (unpaired) electrons. The quantitative estimate of drug-likeness (QED) is 0.316. The molecule has 0 aliphatic carbocycles. The van der Waals surface area contributed by atoms with Crippen LogP contribution in [0.2, 0.25) is 10.0 Å². The number of carbonyl (C=O) groups excluding carboxylic acids is 1. The van der Waals surface area contributed by atoms with Crippen molar-refractivity contribution < 1.29 is 14.2 Å². The van der Waals surface area contributed by atoms with Gasteiger partial charge in [-0.2, -0.15) is 0 Å². The summed E-state index contributed by atoms with van der Waals surface area (Å²) < 4.78 is 5.18. The van der Waals surface area contributed by atoms with E-state index in [0.717, 1.165) is 0 Å². The first kappa shape index (κ1) is 20.6. The lowest BCUT2D eigenvalue weighted by Gasteiger charge is -2.10. The molecule has 1 aromatic heterocycles. The first-order valence-electron chi connectivity index (χ1n) is 8.56. The number of aromatic nitrogens is 1. The van der Waals surface area contributed by atoms with Gasteiger partial charge >= 0.3 is 0 Å². The minimum Gasteiger partial charge on any atom is -0.376 e. The molecule has 0 aliphatic heterocycles. The van der Waals surface area contributed by atoms with Crippen LogP contribution >= 0.6 is 23.2 Å². The summed E-state index contributed by atoms with van der Waals surface area (Å²) in [6.07, 6.45) is 0. The molecule has 2 aromatic carbocycles. The van der Waals surface area contributed by atoms with Crippen LogP contribution in [-0.2, 0) is 0 Å². The van der Waals surface area contributed by atoms with Gasteiger partial charge in [-0.15, -0.1) is 0 Å². The molecule has 3 aromatic rings. The number of nitro benzene ring substituents is 1. The maximum Gasteiger partial charge on any atom is 0.293 e. The van der Waals surface area contributed by atoms with Crippen LogP contribution in [0.3, 0.4) is 0 Å². The summed E-state index contributed by atoms with van der Waals surface area (Å²) in [4.78, 5) is 23.3. The van der Waals surface area contributed by atoms with Gasteiger partial charge in [0.15, 0.2) is 0 Å². The second-order valence-corrected chi connectivity index (χ2v) is 6.83. The van der Waals surface area contributed by atoms with E-state index in [9.17, 15) is 14.9 Å².